The fraction of sp³-hybridized carbons (Fsp3) is 0.480. The molecule has 0 spiro atoms. The third-order valence-corrected chi connectivity index (χ3v) is 6.96. The third-order valence-electron chi connectivity index (χ3n) is 6.96. The Bertz CT molecular complexity index is 1100. The van der Waals surface area contributed by atoms with Crippen molar-refractivity contribution in [2.45, 2.75) is 56.7 Å². The Hall–Kier alpha value is -3.63. The molecule has 2 fully saturated rings. The average Bonchev–Trinajstić information content (AvgIpc) is 3.56. The number of primary amides is 2. The van der Waals surface area contributed by atoms with E-state index in [-0.39, 0.29) is 41.4 Å². The molecule has 3 atom stereocenters. The summed E-state index contributed by atoms with van der Waals surface area (Å²) in [4.78, 5) is 38.1. The number of ether oxygens (including phenoxy) is 2. The lowest BCUT2D eigenvalue weighted by Gasteiger charge is -2.35. The minimum atomic E-state index is -2.98. The van der Waals surface area contributed by atoms with Crippen molar-refractivity contribution < 1.29 is 32.6 Å². The van der Waals surface area contributed by atoms with E-state index < -0.39 is 24.0 Å². The molecular weight excluding hydrogens is 474 g/mol. The average molecular weight is 505 g/mol. The van der Waals surface area contributed by atoms with E-state index in [1.165, 1.54) is 31.3 Å². The van der Waals surface area contributed by atoms with E-state index in [1.807, 2.05) is 0 Å². The number of rotatable bonds is 10. The van der Waals surface area contributed by atoms with Gasteiger partial charge in [0, 0.05) is 38.0 Å². The van der Waals surface area contributed by atoms with Gasteiger partial charge < -0.3 is 31.2 Å². The van der Waals surface area contributed by atoms with Gasteiger partial charge in [-0.2, -0.15) is 8.78 Å². The first-order chi connectivity index (χ1) is 17.1. The molecule has 0 radical (unpaired) electrons. The zero-order valence-electron chi connectivity index (χ0n) is 19.9. The van der Waals surface area contributed by atoms with Crippen LogP contribution in [0.2, 0.25) is 0 Å². The van der Waals surface area contributed by atoms with E-state index in [4.69, 9.17) is 16.2 Å². The molecule has 9 nitrogen and oxygen atoms in total. The first-order valence-electron chi connectivity index (χ1n) is 11.8. The van der Waals surface area contributed by atoms with Gasteiger partial charge in [-0.25, -0.2) is 0 Å². The molecule has 36 heavy (non-hydrogen) atoms. The van der Waals surface area contributed by atoms with Gasteiger partial charge in [0.15, 0.2) is 11.5 Å². The van der Waals surface area contributed by atoms with Crippen LogP contribution in [-0.4, -0.2) is 54.0 Å². The van der Waals surface area contributed by atoms with Crippen LogP contribution in [0.25, 0.3) is 0 Å². The van der Waals surface area contributed by atoms with Crippen molar-refractivity contribution in [2.75, 3.05) is 13.2 Å². The summed E-state index contributed by atoms with van der Waals surface area (Å²) in [7, 11) is 0. The monoisotopic (exact) mass is 504 g/mol. The Morgan fingerprint density at radius 2 is 1.97 bits per heavy atom. The van der Waals surface area contributed by atoms with Gasteiger partial charge in [-0.15, -0.1) is 0 Å². The lowest BCUT2D eigenvalue weighted by molar-refractivity contribution is -0.131. The number of benzene rings is 1. The molecule has 2 heterocycles. The molecule has 2 aliphatic heterocycles. The van der Waals surface area contributed by atoms with E-state index in [2.05, 4.69) is 10.1 Å². The Balaban J connectivity index is 1.55. The molecule has 1 unspecified atom stereocenters. The van der Waals surface area contributed by atoms with Crippen molar-refractivity contribution in [1.82, 2.24) is 10.2 Å². The number of amides is 3. The summed E-state index contributed by atoms with van der Waals surface area (Å²) in [5.74, 6) is -0.977. The summed E-state index contributed by atoms with van der Waals surface area (Å²) in [6.07, 6.45) is 7.07. The van der Waals surface area contributed by atoms with Crippen LogP contribution in [0.4, 0.5) is 8.78 Å². The fourth-order valence-corrected chi connectivity index (χ4v) is 4.75. The molecule has 5 N–H and O–H groups in total. The highest BCUT2D eigenvalue weighted by molar-refractivity contribution is 5.96. The quantitative estimate of drug-likeness (QED) is 0.445. The van der Waals surface area contributed by atoms with Crippen LogP contribution in [-0.2, 0) is 14.4 Å². The maximum atomic E-state index is 12.9. The number of nitrogens with zero attached hydrogens (tertiary/aromatic N) is 1. The number of likely N-dealkylation sites (tertiary alicyclic amines) is 1. The highest BCUT2D eigenvalue weighted by Crippen LogP contribution is 2.40. The number of nitrogens with two attached hydrogens (primary N) is 2. The molecular formula is C25H30F2N4O5. The first kappa shape index (κ1) is 25.5. The minimum Gasteiger partial charge on any atom is -0.489 e. The Kier molecular flexibility index (Phi) is 7.18. The predicted octanol–water partition coefficient (Wildman–Crippen LogP) is 1.92. The van der Waals surface area contributed by atoms with E-state index in [1.54, 1.807) is 17.0 Å². The van der Waals surface area contributed by atoms with Crippen LogP contribution < -0.4 is 26.3 Å². The highest BCUT2D eigenvalue weighted by atomic mass is 19.3. The van der Waals surface area contributed by atoms with Crippen LogP contribution in [0.5, 0.6) is 11.5 Å². The number of hydrogen-bond acceptors (Lipinski definition) is 6. The molecule has 1 aromatic rings. The predicted molar refractivity (Wildman–Crippen MR) is 126 cm³/mol. The molecule has 1 saturated carbocycles. The van der Waals surface area contributed by atoms with Crippen LogP contribution in [0, 0.1) is 5.92 Å². The van der Waals surface area contributed by atoms with Crippen LogP contribution >= 0.6 is 0 Å². The summed E-state index contributed by atoms with van der Waals surface area (Å²) in [6, 6.07) is 4.49. The van der Waals surface area contributed by atoms with Gasteiger partial charge in [0.25, 0.3) is 0 Å². The second kappa shape index (κ2) is 10.2. The lowest BCUT2D eigenvalue weighted by atomic mass is 9.84. The molecule has 1 aliphatic carbocycles. The summed E-state index contributed by atoms with van der Waals surface area (Å²) >= 11 is 0. The van der Waals surface area contributed by atoms with Gasteiger partial charge >= 0.3 is 6.61 Å². The third kappa shape index (κ3) is 5.60. The van der Waals surface area contributed by atoms with Crippen molar-refractivity contribution in [3.63, 3.8) is 0 Å². The van der Waals surface area contributed by atoms with Gasteiger partial charge in [0.05, 0.1) is 12.2 Å². The zero-order valence-corrected chi connectivity index (χ0v) is 19.9. The number of nitrogens with one attached hydrogen (secondary N) is 1. The van der Waals surface area contributed by atoms with Gasteiger partial charge in [-0.1, -0.05) is 6.07 Å². The molecule has 194 valence electrons. The molecule has 1 aromatic carbocycles. The van der Waals surface area contributed by atoms with E-state index in [0.717, 1.165) is 18.4 Å². The van der Waals surface area contributed by atoms with Crippen LogP contribution in [0.1, 0.15) is 44.1 Å². The maximum Gasteiger partial charge on any atom is 0.387 e. The van der Waals surface area contributed by atoms with Gasteiger partial charge in [0.1, 0.15) is 5.54 Å². The summed E-state index contributed by atoms with van der Waals surface area (Å²) in [6.45, 7) is -0.729. The molecule has 1 saturated heterocycles. The molecule has 0 aromatic heterocycles. The van der Waals surface area contributed by atoms with Crippen molar-refractivity contribution in [3.8, 4) is 11.5 Å². The summed E-state index contributed by atoms with van der Waals surface area (Å²) < 4.78 is 36.2. The van der Waals surface area contributed by atoms with Crippen molar-refractivity contribution in [1.29, 1.82) is 0 Å². The van der Waals surface area contributed by atoms with E-state index in [0.29, 0.717) is 25.5 Å². The second-order valence-electron chi connectivity index (χ2n) is 9.58. The molecule has 4 rings (SSSR count). The molecule has 11 heteroatoms. The van der Waals surface area contributed by atoms with Crippen molar-refractivity contribution in [2.24, 2.45) is 17.4 Å². The Morgan fingerprint density at radius 1 is 1.22 bits per heavy atom. The van der Waals surface area contributed by atoms with Gasteiger partial charge in [0.2, 0.25) is 17.7 Å². The SMILES string of the molecule is CC(=O)N1C[C@H](c2ccc(OC(F)F)c(OCC3CC3)c2)C[C@@H]1CC1(C(N)=O)C=CC(C(N)=O)=CN1. The topological polar surface area (TPSA) is 137 Å². The molecule has 3 aliphatic rings. The minimum absolute atomic E-state index is 0.0337. The molecule has 3 amide bonds. The van der Waals surface area contributed by atoms with Gasteiger partial charge in [-0.3, -0.25) is 14.4 Å². The Morgan fingerprint density at radius 3 is 2.53 bits per heavy atom. The number of carbonyl (C=O) groups excluding carboxylic acids is 3. The van der Waals surface area contributed by atoms with E-state index >= 15 is 0 Å². The van der Waals surface area contributed by atoms with Crippen LogP contribution in [0.3, 0.4) is 0 Å². The standard InChI is InChI=1S/C25H30F2N4O5/c1-14(32)31-12-18(8-19(31)10-25(23(29)34)7-6-17(11-30-25)22(28)33)16-4-5-20(36-24(26)27)21(9-16)35-13-15-2-3-15/h4-7,9,11,15,18-19,24,30H,2-3,8,10,12-13H2,1H3,(H2,28,33)(H2,29,34)/t18-,19-,25?/m1/s1. The number of dihydropyridines is 1. The van der Waals surface area contributed by atoms with Crippen molar-refractivity contribution >= 4 is 17.7 Å². The fourth-order valence-electron chi connectivity index (χ4n) is 4.75. The first-order valence-corrected chi connectivity index (χ1v) is 11.8. The number of carbonyl (C=O) groups is 3. The second-order valence-corrected chi connectivity index (χ2v) is 9.58. The molecule has 0 bridgehead atoms. The smallest absolute Gasteiger partial charge is 0.387 e. The lowest BCUT2D eigenvalue weighted by Crippen LogP contribution is -2.56. The number of alkyl halides is 2. The van der Waals surface area contributed by atoms with E-state index in [9.17, 15) is 23.2 Å². The number of hydrogen-bond donors (Lipinski definition) is 3. The zero-order chi connectivity index (χ0) is 26.0. The summed E-state index contributed by atoms with van der Waals surface area (Å²) in [5, 5.41) is 2.90. The van der Waals surface area contributed by atoms with Crippen molar-refractivity contribution in [3.05, 3.63) is 47.7 Å². The largest absolute Gasteiger partial charge is 0.489 e. The Labute approximate surface area is 207 Å². The highest BCUT2D eigenvalue weighted by Gasteiger charge is 2.43. The maximum absolute atomic E-state index is 12.9. The number of halogens is 2. The van der Waals surface area contributed by atoms with Crippen LogP contribution in [0.15, 0.2) is 42.1 Å². The van der Waals surface area contributed by atoms with Gasteiger partial charge in [-0.05, 0) is 55.0 Å². The normalized spacial score (nSPS) is 25.3. The summed E-state index contributed by atoms with van der Waals surface area (Å²) in [5.41, 5.74) is 10.7.